The molecule has 1 unspecified atom stereocenters. The van der Waals surface area contributed by atoms with Gasteiger partial charge in [-0.2, -0.15) is 0 Å². The summed E-state index contributed by atoms with van der Waals surface area (Å²) in [5, 5.41) is 15.8. The van der Waals surface area contributed by atoms with Gasteiger partial charge in [-0.05, 0) is 57.8 Å². The van der Waals surface area contributed by atoms with Crippen molar-refractivity contribution in [1.82, 2.24) is 10.2 Å². The molecule has 148 valence electrons. The molecule has 0 aromatic heterocycles. The Bertz CT molecular complexity index is 650. The third-order valence-corrected chi connectivity index (χ3v) is 5.94. The number of phenolic OH excluding ortho intramolecular Hbond substituents is 1. The molecule has 2 aliphatic rings. The molecule has 0 spiro atoms. The normalized spacial score (nSPS) is 20.8. The van der Waals surface area contributed by atoms with E-state index in [9.17, 15) is 14.7 Å². The number of amides is 2. The van der Waals surface area contributed by atoms with E-state index in [1.165, 1.54) is 19.3 Å². The van der Waals surface area contributed by atoms with Crippen molar-refractivity contribution in [1.29, 1.82) is 0 Å². The summed E-state index contributed by atoms with van der Waals surface area (Å²) in [6.45, 7) is 3.43. The number of hydrogen-bond acceptors (Lipinski definition) is 4. The number of carbonyl (C=O) groups is 2. The Morgan fingerprint density at radius 2 is 1.74 bits per heavy atom. The highest BCUT2D eigenvalue weighted by molar-refractivity contribution is 5.94. The number of nitrogens with zero attached hydrogens (tertiary/aromatic N) is 1. The maximum absolute atomic E-state index is 12.5. The van der Waals surface area contributed by atoms with Gasteiger partial charge in [0.15, 0.2) is 0 Å². The molecular formula is C21H31N3O3. The first-order valence-corrected chi connectivity index (χ1v) is 10.2. The molecule has 2 fully saturated rings. The average Bonchev–Trinajstić information content (AvgIpc) is 2.70. The van der Waals surface area contributed by atoms with Crippen LogP contribution in [0.5, 0.6) is 5.75 Å². The van der Waals surface area contributed by atoms with Gasteiger partial charge < -0.3 is 15.7 Å². The molecule has 1 aliphatic carbocycles. The zero-order chi connectivity index (χ0) is 19.2. The van der Waals surface area contributed by atoms with Gasteiger partial charge in [-0.15, -0.1) is 0 Å². The summed E-state index contributed by atoms with van der Waals surface area (Å²) in [4.78, 5) is 27.2. The van der Waals surface area contributed by atoms with Crippen molar-refractivity contribution in [3.05, 3.63) is 24.3 Å². The average molecular weight is 373 g/mol. The second-order valence-electron chi connectivity index (χ2n) is 7.84. The number of anilines is 1. The fourth-order valence-corrected chi connectivity index (χ4v) is 4.10. The Morgan fingerprint density at radius 3 is 2.41 bits per heavy atom. The lowest BCUT2D eigenvalue weighted by molar-refractivity contribution is -0.128. The Labute approximate surface area is 161 Å². The smallest absolute Gasteiger partial charge is 0.237 e. The molecule has 2 amide bonds. The number of carbonyl (C=O) groups excluding carboxylic acids is 2. The zero-order valence-corrected chi connectivity index (χ0v) is 16.1. The number of piperidine rings is 1. The quantitative estimate of drug-likeness (QED) is 0.693. The van der Waals surface area contributed by atoms with Gasteiger partial charge >= 0.3 is 0 Å². The van der Waals surface area contributed by atoms with Crippen molar-refractivity contribution >= 4 is 17.5 Å². The van der Waals surface area contributed by atoms with Gasteiger partial charge in [0.05, 0.1) is 11.7 Å². The van der Waals surface area contributed by atoms with Crippen molar-refractivity contribution in [3.8, 4) is 5.75 Å². The fraction of sp³-hybridized carbons (Fsp3) is 0.619. The van der Waals surface area contributed by atoms with Crippen LogP contribution in [0.1, 0.15) is 51.9 Å². The topological polar surface area (TPSA) is 81.7 Å². The molecule has 6 heteroatoms. The second kappa shape index (κ2) is 9.22. The minimum Gasteiger partial charge on any atom is -0.506 e. The third kappa shape index (κ3) is 5.22. The van der Waals surface area contributed by atoms with Crippen LogP contribution in [0.3, 0.4) is 0 Å². The number of para-hydroxylation sites is 2. The van der Waals surface area contributed by atoms with E-state index in [4.69, 9.17) is 0 Å². The summed E-state index contributed by atoms with van der Waals surface area (Å²) in [6, 6.07) is 6.93. The van der Waals surface area contributed by atoms with Crippen LogP contribution in [0.25, 0.3) is 0 Å². The number of hydrogen-bond donors (Lipinski definition) is 3. The predicted octanol–water partition coefficient (Wildman–Crippen LogP) is 2.88. The number of benzene rings is 1. The summed E-state index contributed by atoms with van der Waals surface area (Å²) in [7, 11) is 0. The largest absolute Gasteiger partial charge is 0.506 e. The van der Waals surface area contributed by atoms with Crippen LogP contribution >= 0.6 is 0 Å². The molecular weight excluding hydrogens is 342 g/mol. The van der Waals surface area contributed by atoms with Gasteiger partial charge in [0.25, 0.3) is 0 Å². The lowest BCUT2D eigenvalue weighted by Crippen LogP contribution is -2.51. The fourth-order valence-electron chi connectivity index (χ4n) is 4.10. The minimum atomic E-state index is -0.158. The maximum Gasteiger partial charge on any atom is 0.237 e. The lowest BCUT2D eigenvalue weighted by Gasteiger charge is -2.35. The van der Waals surface area contributed by atoms with Crippen LogP contribution in [-0.2, 0) is 9.59 Å². The van der Waals surface area contributed by atoms with Gasteiger partial charge in [-0.1, -0.05) is 31.4 Å². The van der Waals surface area contributed by atoms with Crippen molar-refractivity contribution in [2.24, 2.45) is 5.92 Å². The molecule has 0 bridgehead atoms. The van der Waals surface area contributed by atoms with Crippen LogP contribution in [0.4, 0.5) is 5.69 Å². The molecule has 1 aromatic rings. The van der Waals surface area contributed by atoms with Crippen molar-refractivity contribution in [2.45, 2.75) is 64.0 Å². The number of nitrogens with one attached hydrogen (secondary N) is 2. The van der Waals surface area contributed by atoms with E-state index in [0.29, 0.717) is 11.7 Å². The Hall–Kier alpha value is -2.08. The van der Waals surface area contributed by atoms with Gasteiger partial charge in [-0.3, -0.25) is 14.5 Å². The van der Waals surface area contributed by atoms with E-state index >= 15 is 0 Å². The standard InChI is InChI=1S/C21H31N3O3/c1-15(20(26)22-17-7-3-2-4-8-17)24-13-11-16(12-14-24)21(27)23-18-9-5-6-10-19(18)25/h5-6,9-10,15-17,25H,2-4,7-8,11-14H2,1H3,(H,22,26)(H,23,27). The molecule has 3 rings (SSSR count). The molecule has 1 aromatic carbocycles. The first-order valence-electron chi connectivity index (χ1n) is 10.2. The van der Waals surface area contributed by atoms with Crippen LogP contribution < -0.4 is 10.6 Å². The van der Waals surface area contributed by atoms with Crippen LogP contribution in [0.2, 0.25) is 0 Å². The van der Waals surface area contributed by atoms with Crippen LogP contribution in [0.15, 0.2) is 24.3 Å². The summed E-state index contributed by atoms with van der Waals surface area (Å²) < 4.78 is 0. The lowest BCUT2D eigenvalue weighted by atomic mass is 9.94. The highest BCUT2D eigenvalue weighted by Crippen LogP contribution is 2.25. The van der Waals surface area contributed by atoms with E-state index < -0.39 is 0 Å². The number of likely N-dealkylation sites (tertiary alicyclic amines) is 1. The highest BCUT2D eigenvalue weighted by Gasteiger charge is 2.30. The van der Waals surface area contributed by atoms with E-state index in [2.05, 4.69) is 15.5 Å². The predicted molar refractivity (Wildman–Crippen MR) is 106 cm³/mol. The summed E-state index contributed by atoms with van der Waals surface area (Å²) >= 11 is 0. The monoisotopic (exact) mass is 373 g/mol. The van der Waals surface area contributed by atoms with Gasteiger partial charge in [-0.25, -0.2) is 0 Å². The molecule has 1 aliphatic heterocycles. The molecule has 3 N–H and O–H groups in total. The van der Waals surface area contributed by atoms with E-state index in [-0.39, 0.29) is 29.5 Å². The molecule has 1 atom stereocenters. The van der Waals surface area contributed by atoms with Crippen LogP contribution in [0, 0.1) is 5.92 Å². The molecule has 1 saturated heterocycles. The molecule has 1 heterocycles. The first kappa shape index (κ1) is 19.7. The zero-order valence-electron chi connectivity index (χ0n) is 16.1. The second-order valence-corrected chi connectivity index (χ2v) is 7.84. The van der Waals surface area contributed by atoms with Gasteiger partial charge in [0.2, 0.25) is 11.8 Å². The number of phenols is 1. The summed E-state index contributed by atoms with van der Waals surface area (Å²) in [6.07, 6.45) is 7.31. The summed E-state index contributed by atoms with van der Waals surface area (Å²) in [5.41, 5.74) is 0.449. The van der Waals surface area contributed by atoms with E-state index in [1.807, 2.05) is 6.92 Å². The van der Waals surface area contributed by atoms with Crippen molar-refractivity contribution in [3.63, 3.8) is 0 Å². The van der Waals surface area contributed by atoms with E-state index in [1.54, 1.807) is 24.3 Å². The van der Waals surface area contributed by atoms with Crippen molar-refractivity contribution in [2.75, 3.05) is 18.4 Å². The number of rotatable bonds is 5. The van der Waals surface area contributed by atoms with Gasteiger partial charge in [0, 0.05) is 12.0 Å². The summed E-state index contributed by atoms with van der Waals surface area (Å²) in [5.74, 6) is 0.0419. The van der Waals surface area contributed by atoms with Crippen molar-refractivity contribution < 1.29 is 14.7 Å². The van der Waals surface area contributed by atoms with Gasteiger partial charge in [0.1, 0.15) is 5.75 Å². The molecule has 1 saturated carbocycles. The Balaban J connectivity index is 1.45. The Kier molecular flexibility index (Phi) is 6.72. The maximum atomic E-state index is 12.5. The SMILES string of the molecule is CC(C(=O)NC1CCCCC1)N1CCC(C(=O)Nc2ccccc2O)CC1. The molecule has 27 heavy (non-hydrogen) atoms. The molecule has 6 nitrogen and oxygen atoms in total. The highest BCUT2D eigenvalue weighted by atomic mass is 16.3. The number of aromatic hydroxyl groups is 1. The molecule has 0 radical (unpaired) electrons. The Morgan fingerprint density at radius 1 is 1.07 bits per heavy atom. The first-order chi connectivity index (χ1) is 13.0. The third-order valence-electron chi connectivity index (χ3n) is 5.94. The van der Waals surface area contributed by atoms with E-state index in [0.717, 1.165) is 38.8 Å². The van der Waals surface area contributed by atoms with Crippen LogP contribution in [-0.4, -0.2) is 47.0 Å². The minimum absolute atomic E-state index is 0.0598.